The summed E-state index contributed by atoms with van der Waals surface area (Å²) < 4.78 is 0. The van der Waals surface area contributed by atoms with Gasteiger partial charge in [0.2, 0.25) is 0 Å². The number of hydrogen-bond acceptors (Lipinski definition) is 2. The zero-order valence-electron chi connectivity index (χ0n) is 6.25. The fourth-order valence-corrected chi connectivity index (χ4v) is 1.10. The highest BCUT2D eigenvalue weighted by molar-refractivity contribution is 5.99. The van der Waals surface area contributed by atoms with Gasteiger partial charge >= 0.3 is 0 Å². The van der Waals surface area contributed by atoms with Crippen LogP contribution in [0.15, 0.2) is 24.4 Å². The Hall–Kier alpha value is -1.18. The maximum atomic E-state index is 7.68. The molecule has 1 saturated carbocycles. The molecular formula is C9H10N2. The second-order valence-corrected chi connectivity index (χ2v) is 2.90. The Morgan fingerprint density at radius 3 is 2.82 bits per heavy atom. The Kier molecular flexibility index (Phi) is 1.46. The summed E-state index contributed by atoms with van der Waals surface area (Å²) in [4.78, 5) is 4.12. The van der Waals surface area contributed by atoms with Crippen LogP contribution in [-0.4, -0.2) is 10.7 Å². The highest BCUT2D eigenvalue weighted by Crippen LogP contribution is 2.31. The molecule has 1 heterocycles. The largest absolute Gasteiger partial charge is 0.303 e. The molecule has 1 aromatic rings. The number of hydrogen-bond donors (Lipinski definition) is 1. The summed E-state index contributed by atoms with van der Waals surface area (Å²) >= 11 is 0. The molecule has 0 amide bonds. The zero-order chi connectivity index (χ0) is 7.68. The number of aromatic nitrogens is 1. The molecule has 1 N–H and O–H groups in total. The standard InChI is InChI=1S/C9H10N2/c10-9(7-4-5-7)8-3-1-2-6-11-8/h1-3,6-7,10H,4-5H2. The van der Waals surface area contributed by atoms with Gasteiger partial charge < -0.3 is 5.41 Å². The highest BCUT2D eigenvalue weighted by Gasteiger charge is 2.27. The molecule has 2 heteroatoms. The minimum absolute atomic E-state index is 0.505. The van der Waals surface area contributed by atoms with Crippen molar-refractivity contribution >= 4 is 5.71 Å². The van der Waals surface area contributed by atoms with Crippen molar-refractivity contribution in [3.8, 4) is 0 Å². The van der Waals surface area contributed by atoms with Crippen LogP contribution in [0.4, 0.5) is 0 Å². The molecule has 0 atom stereocenters. The maximum Gasteiger partial charge on any atom is 0.0840 e. The molecule has 1 aliphatic carbocycles. The van der Waals surface area contributed by atoms with Crippen molar-refractivity contribution < 1.29 is 0 Å². The first-order chi connectivity index (χ1) is 5.38. The molecule has 56 valence electrons. The van der Waals surface area contributed by atoms with Crippen molar-refractivity contribution in [2.24, 2.45) is 5.92 Å². The average molecular weight is 146 g/mol. The zero-order valence-corrected chi connectivity index (χ0v) is 6.25. The monoisotopic (exact) mass is 146 g/mol. The van der Waals surface area contributed by atoms with E-state index in [1.807, 2.05) is 18.2 Å². The van der Waals surface area contributed by atoms with Crippen LogP contribution in [-0.2, 0) is 0 Å². The molecule has 11 heavy (non-hydrogen) atoms. The molecule has 0 saturated heterocycles. The average Bonchev–Trinajstić information content (AvgIpc) is 2.87. The van der Waals surface area contributed by atoms with Gasteiger partial charge in [-0.2, -0.15) is 0 Å². The van der Waals surface area contributed by atoms with E-state index in [-0.39, 0.29) is 0 Å². The van der Waals surface area contributed by atoms with Crippen LogP contribution < -0.4 is 0 Å². The summed E-state index contributed by atoms with van der Waals surface area (Å²) in [5, 5.41) is 7.68. The minimum Gasteiger partial charge on any atom is -0.303 e. The quantitative estimate of drug-likeness (QED) is 0.635. The molecule has 0 spiro atoms. The van der Waals surface area contributed by atoms with Crippen molar-refractivity contribution in [2.75, 3.05) is 0 Å². The Labute approximate surface area is 65.8 Å². The van der Waals surface area contributed by atoms with Gasteiger partial charge in [-0.05, 0) is 25.0 Å². The summed E-state index contributed by atoms with van der Waals surface area (Å²) in [6, 6.07) is 5.71. The molecule has 0 aliphatic heterocycles. The smallest absolute Gasteiger partial charge is 0.0840 e. The molecule has 1 fully saturated rings. The third kappa shape index (κ3) is 1.29. The second-order valence-electron chi connectivity index (χ2n) is 2.90. The Balaban J connectivity index is 2.22. The topological polar surface area (TPSA) is 36.7 Å². The van der Waals surface area contributed by atoms with Crippen LogP contribution in [0.2, 0.25) is 0 Å². The van der Waals surface area contributed by atoms with E-state index in [0.29, 0.717) is 11.6 Å². The predicted octanol–water partition coefficient (Wildman–Crippen LogP) is 1.86. The van der Waals surface area contributed by atoms with Crippen LogP contribution in [0.25, 0.3) is 0 Å². The molecular weight excluding hydrogens is 136 g/mol. The van der Waals surface area contributed by atoms with E-state index in [9.17, 15) is 0 Å². The van der Waals surface area contributed by atoms with Crippen molar-refractivity contribution in [2.45, 2.75) is 12.8 Å². The van der Waals surface area contributed by atoms with Crippen LogP contribution in [0, 0.1) is 11.3 Å². The fourth-order valence-electron chi connectivity index (χ4n) is 1.10. The van der Waals surface area contributed by atoms with Gasteiger partial charge in [-0.3, -0.25) is 4.98 Å². The SMILES string of the molecule is N=C(c1ccccn1)C1CC1. The number of rotatable bonds is 2. The number of pyridine rings is 1. The normalized spacial score (nSPS) is 16.4. The van der Waals surface area contributed by atoms with Gasteiger partial charge in [-0.25, -0.2) is 0 Å². The van der Waals surface area contributed by atoms with Gasteiger partial charge in [0.05, 0.1) is 11.4 Å². The third-order valence-corrected chi connectivity index (χ3v) is 1.93. The molecule has 0 bridgehead atoms. The summed E-state index contributed by atoms with van der Waals surface area (Å²) in [5.41, 5.74) is 1.56. The lowest BCUT2D eigenvalue weighted by molar-refractivity contribution is 1.13. The van der Waals surface area contributed by atoms with E-state index >= 15 is 0 Å². The Morgan fingerprint density at radius 1 is 1.45 bits per heavy atom. The van der Waals surface area contributed by atoms with Crippen molar-refractivity contribution in [3.05, 3.63) is 30.1 Å². The van der Waals surface area contributed by atoms with Crippen molar-refractivity contribution in [1.29, 1.82) is 5.41 Å². The van der Waals surface area contributed by atoms with Gasteiger partial charge in [0.15, 0.2) is 0 Å². The molecule has 0 unspecified atom stereocenters. The summed E-state index contributed by atoms with van der Waals surface area (Å²) in [6.07, 6.45) is 4.09. The number of nitrogens with one attached hydrogen (secondary N) is 1. The van der Waals surface area contributed by atoms with E-state index in [1.54, 1.807) is 6.20 Å². The first kappa shape index (κ1) is 6.53. The summed E-state index contributed by atoms with van der Waals surface area (Å²) in [7, 11) is 0. The van der Waals surface area contributed by atoms with E-state index in [4.69, 9.17) is 5.41 Å². The molecule has 2 nitrogen and oxygen atoms in total. The van der Waals surface area contributed by atoms with Crippen LogP contribution >= 0.6 is 0 Å². The predicted molar refractivity (Wildman–Crippen MR) is 43.8 cm³/mol. The lowest BCUT2D eigenvalue weighted by atomic mass is 10.2. The van der Waals surface area contributed by atoms with Crippen molar-refractivity contribution in [3.63, 3.8) is 0 Å². The van der Waals surface area contributed by atoms with Gasteiger partial charge in [0.1, 0.15) is 0 Å². The van der Waals surface area contributed by atoms with Gasteiger partial charge in [-0.1, -0.05) is 6.07 Å². The lowest BCUT2D eigenvalue weighted by Gasteiger charge is -1.98. The lowest BCUT2D eigenvalue weighted by Crippen LogP contribution is -2.02. The molecule has 2 rings (SSSR count). The van der Waals surface area contributed by atoms with Gasteiger partial charge in [0, 0.05) is 12.1 Å². The van der Waals surface area contributed by atoms with E-state index in [0.717, 1.165) is 5.69 Å². The highest BCUT2D eigenvalue weighted by atomic mass is 14.7. The second kappa shape index (κ2) is 2.46. The van der Waals surface area contributed by atoms with Gasteiger partial charge in [-0.15, -0.1) is 0 Å². The maximum absolute atomic E-state index is 7.68. The first-order valence-electron chi connectivity index (χ1n) is 3.88. The molecule has 0 aromatic carbocycles. The molecule has 0 radical (unpaired) electrons. The Morgan fingerprint density at radius 2 is 2.27 bits per heavy atom. The van der Waals surface area contributed by atoms with Crippen LogP contribution in [0.1, 0.15) is 18.5 Å². The Bertz CT molecular complexity index is 262. The minimum atomic E-state index is 0.505. The summed E-state index contributed by atoms with van der Waals surface area (Å²) in [5.74, 6) is 0.505. The fraction of sp³-hybridized carbons (Fsp3) is 0.333. The van der Waals surface area contributed by atoms with Crippen LogP contribution in [0.5, 0.6) is 0 Å². The molecule has 1 aliphatic rings. The van der Waals surface area contributed by atoms with E-state index < -0.39 is 0 Å². The third-order valence-electron chi connectivity index (χ3n) is 1.93. The molecule has 1 aromatic heterocycles. The van der Waals surface area contributed by atoms with Crippen molar-refractivity contribution in [1.82, 2.24) is 4.98 Å². The van der Waals surface area contributed by atoms with Gasteiger partial charge in [0.25, 0.3) is 0 Å². The number of nitrogens with zero attached hydrogens (tertiary/aromatic N) is 1. The van der Waals surface area contributed by atoms with E-state index in [1.165, 1.54) is 12.8 Å². The summed E-state index contributed by atoms with van der Waals surface area (Å²) in [6.45, 7) is 0. The first-order valence-corrected chi connectivity index (χ1v) is 3.88. The van der Waals surface area contributed by atoms with Crippen LogP contribution in [0.3, 0.4) is 0 Å². The van der Waals surface area contributed by atoms with E-state index in [2.05, 4.69) is 4.98 Å².